The summed E-state index contributed by atoms with van der Waals surface area (Å²) >= 11 is 1.45. The number of nitrogens with zero attached hydrogens (tertiary/aromatic N) is 4. The fraction of sp³-hybridized carbons (Fsp3) is 0.231. The van der Waals surface area contributed by atoms with Gasteiger partial charge in [-0.05, 0) is 36.4 Å². The molecule has 2 heterocycles. The zero-order valence-electron chi connectivity index (χ0n) is 21.2. The maximum absolute atomic E-state index is 12.7. The Morgan fingerprint density at radius 1 is 1.00 bits per heavy atom. The standard InChI is InChI=1S/C26H26N6O5S2.ClH/c33-25(19-5-4-6-20(17-19)29-39(36,37)22-7-2-1-3-8-22)27-11-12-30-13-15-31(16-14-30)26-28-23-10-9-21(32(34)35)18-24(23)38-26;/h1-10,17-18,29H,11-16H2,(H,27,33);1H. The summed E-state index contributed by atoms with van der Waals surface area (Å²) in [6.07, 6.45) is 0. The molecule has 1 amide bonds. The second kappa shape index (κ2) is 12.6. The smallest absolute Gasteiger partial charge is 0.270 e. The van der Waals surface area contributed by atoms with E-state index in [4.69, 9.17) is 0 Å². The lowest BCUT2D eigenvalue weighted by Gasteiger charge is -2.34. The lowest BCUT2D eigenvalue weighted by Crippen LogP contribution is -2.48. The van der Waals surface area contributed by atoms with Crippen LogP contribution < -0.4 is 14.9 Å². The Hall–Kier alpha value is -3.78. The van der Waals surface area contributed by atoms with Crippen molar-refractivity contribution in [2.45, 2.75) is 4.90 Å². The van der Waals surface area contributed by atoms with E-state index in [1.807, 2.05) is 0 Å². The first-order valence-corrected chi connectivity index (χ1v) is 14.6. The Morgan fingerprint density at radius 2 is 1.75 bits per heavy atom. The lowest BCUT2D eigenvalue weighted by atomic mass is 10.2. The van der Waals surface area contributed by atoms with Crippen LogP contribution in [0.2, 0.25) is 0 Å². The number of nitrogens with one attached hydrogen (secondary N) is 2. The maximum atomic E-state index is 12.7. The number of sulfonamides is 1. The molecule has 0 bridgehead atoms. The minimum absolute atomic E-state index is 0. The number of rotatable bonds is 9. The number of carbonyl (C=O) groups is 1. The monoisotopic (exact) mass is 602 g/mol. The first-order valence-electron chi connectivity index (χ1n) is 12.3. The SMILES string of the molecule is Cl.O=C(NCCN1CCN(c2nc3ccc([N+](=O)[O-])cc3s2)CC1)c1cccc(NS(=O)(=O)c2ccccc2)c1. The molecule has 0 aliphatic carbocycles. The van der Waals surface area contributed by atoms with Crippen molar-refractivity contribution in [3.63, 3.8) is 0 Å². The maximum Gasteiger partial charge on any atom is 0.270 e. The first kappa shape index (κ1) is 29.2. The predicted octanol–water partition coefficient (Wildman–Crippen LogP) is 3.98. The van der Waals surface area contributed by atoms with Crippen LogP contribution in [0.25, 0.3) is 10.2 Å². The summed E-state index contributed by atoms with van der Waals surface area (Å²) in [6.45, 7) is 4.24. The van der Waals surface area contributed by atoms with Crippen LogP contribution in [0.3, 0.4) is 0 Å². The molecule has 5 rings (SSSR count). The number of aromatic nitrogens is 1. The van der Waals surface area contributed by atoms with Crippen LogP contribution in [0.15, 0.2) is 77.7 Å². The fourth-order valence-corrected chi connectivity index (χ4v) is 6.40. The van der Waals surface area contributed by atoms with Crippen molar-refractivity contribution in [2.75, 3.05) is 48.9 Å². The number of benzene rings is 3. The zero-order valence-corrected chi connectivity index (χ0v) is 23.7. The van der Waals surface area contributed by atoms with Gasteiger partial charge in [-0.3, -0.25) is 24.5 Å². The molecule has 3 aromatic carbocycles. The van der Waals surface area contributed by atoms with E-state index in [0.717, 1.165) is 41.5 Å². The van der Waals surface area contributed by atoms with Gasteiger partial charge in [0.25, 0.3) is 21.6 Å². The molecule has 0 unspecified atom stereocenters. The summed E-state index contributed by atoms with van der Waals surface area (Å²) in [5.41, 5.74) is 1.49. The third-order valence-electron chi connectivity index (χ3n) is 6.36. The van der Waals surface area contributed by atoms with E-state index in [-0.39, 0.29) is 28.9 Å². The molecule has 1 fully saturated rings. The Morgan fingerprint density at radius 3 is 2.48 bits per heavy atom. The molecule has 11 nitrogen and oxygen atoms in total. The number of piperazine rings is 1. The van der Waals surface area contributed by atoms with Crippen molar-refractivity contribution in [3.8, 4) is 0 Å². The van der Waals surface area contributed by atoms with Gasteiger partial charge >= 0.3 is 0 Å². The molecule has 0 saturated carbocycles. The van der Waals surface area contributed by atoms with Crippen LogP contribution in [-0.4, -0.2) is 68.4 Å². The number of amides is 1. The number of carbonyl (C=O) groups excluding carboxylic acids is 1. The van der Waals surface area contributed by atoms with Gasteiger partial charge in [-0.2, -0.15) is 0 Å². The highest BCUT2D eigenvalue weighted by molar-refractivity contribution is 7.92. The summed E-state index contributed by atoms with van der Waals surface area (Å²) in [7, 11) is -3.75. The zero-order chi connectivity index (χ0) is 27.4. The number of thiazole rings is 1. The molecule has 40 heavy (non-hydrogen) atoms. The Kier molecular flexibility index (Phi) is 9.20. The lowest BCUT2D eigenvalue weighted by molar-refractivity contribution is -0.384. The van der Waals surface area contributed by atoms with Crippen molar-refractivity contribution in [1.29, 1.82) is 0 Å². The van der Waals surface area contributed by atoms with Gasteiger partial charge < -0.3 is 10.2 Å². The quantitative estimate of drug-likeness (QED) is 0.217. The third-order valence-corrected chi connectivity index (χ3v) is 8.83. The van der Waals surface area contributed by atoms with E-state index in [9.17, 15) is 23.3 Å². The summed E-state index contributed by atoms with van der Waals surface area (Å²) < 4.78 is 28.5. The Bertz CT molecular complexity index is 1610. The Labute approximate surface area is 241 Å². The van der Waals surface area contributed by atoms with Crippen LogP contribution in [0.4, 0.5) is 16.5 Å². The molecule has 0 radical (unpaired) electrons. The number of hydrogen-bond donors (Lipinski definition) is 2. The van der Waals surface area contributed by atoms with Gasteiger partial charge in [-0.25, -0.2) is 13.4 Å². The van der Waals surface area contributed by atoms with Crippen molar-refractivity contribution < 1.29 is 18.1 Å². The van der Waals surface area contributed by atoms with E-state index in [1.54, 1.807) is 48.5 Å². The van der Waals surface area contributed by atoms with Gasteiger partial charge in [-0.15, -0.1) is 12.4 Å². The molecule has 1 saturated heterocycles. The van der Waals surface area contributed by atoms with Gasteiger partial charge in [-0.1, -0.05) is 35.6 Å². The largest absolute Gasteiger partial charge is 0.351 e. The second-order valence-electron chi connectivity index (χ2n) is 8.99. The molecule has 0 spiro atoms. The number of nitro groups is 1. The summed E-state index contributed by atoms with van der Waals surface area (Å²) in [5.74, 6) is -0.280. The first-order chi connectivity index (χ1) is 18.8. The molecular formula is C26H27ClN6O5S2. The minimum atomic E-state index is -3.75. The third kappa shape index (κ3) is 6.86. The van der Waals surface area contributed by atoms with Gasteiger partial charge in [0.05, 0.1) is 20.0 Å². The highest BCUT2D eigenvalue weighted by atomic mass is 35.5. The van der Waals surface area contributed by atoms with E-state index >= 15 is 0 Å². The van der Waals surface area contributed by atoms with Crippen molar-refractivity contribution in [1.82, 2.24) is 15.2 Å². The molecular weight excluding hydrogens is 576 g/mol. The number of halogens is 1. The van der Waals surface area contributed by atoms with Crippen LogP contribution in [0.5, 0.6) is 0 Å². The van der Waals surface area contributed by atoms with Crippen molar-refractivity contribution >= 4 is 66.4 Å². The van der Waals surface area contributed by atoms with Gasteiger partial charge in [0.2, 0.25) is 0 Å². The van der Waals surface area contributed by atoms with Crippen molar-refractivity contribution in [3.05, 3.63) is 88.5 Å². The number of fused-ring (bicyclic) bond motifs is 1. The molecule has 0 atom stereocenters. The van der Waals surface area contributed by atoms with Crippen LogP contribution >= 0.6 is 23.7 Å². The van der Waals surface area contributed by atoms with Crippen LogP contribution in [0, 0.1) is 10.1 Å². The fourth-order valence-electron chi connectivity index (χ4n) is 4.28. The summed E-state index contributed by atoms with van der Waals surface area (Å²) in [4.78, 5) is 32.5. The number of non-ortho nitro benzene ring substituents is 1. The van der Waals surface area contributed by atoms with Gasteiger partial charge in [0, 0.05) is 62.7 Å². The summed E-state index contributed by atoms with van der Waals surface area (Å²) in [6, 6.07) is 19.1. The molecule has 2 N–H and O–H groups in total. The molecule has 1 aromatic heterocycles. The summed E-state index contributed by atoms with van der Waals surface area (Å²) in [5, 5.41) is 14.8. The Balaban J connectivity index is 0.00000370. The number of hydrogen-bond acceptors (Lipinski definition) is 9. The van der Waals surface area contributed by atoms with Crippen LogP contribution in [0.1, 0.15) is 10.4 Å². The van der Waals surface area contributed by atoms with E-state index in [0.29, 0.717) is 24.3 Å². The second-order valence-corrected chi connectivity index (χ2v) is 11.7. The van der Waals surface area contributed by atoms with Crippen molar-refractivity contribution in [2.24, 2.45) is 0 Å². The molecule has 210 valence electrons. The molecule has 14 heteroatoms. The molecule has 1 aliphatic heterocycles. The van der Waals surface area contributed by atoms with E-state index in [1.165, 1.54) is 35.6 Å². The average Bonchev–Trinajstić information content (AvgIpc) is 3.37. The number of anilines is 2. The average molecular weight is 603 g/mol. The van der Waals surface area contributed by atoms with E-state index in [2.05, 4.69) is 24.8 Å². The van der Waals surface area contributed by atoms with Gasteiger partial charge in [0.1, 0.15) is 0 Å². The normalized spacial score (nSPS) is 13.9. The van der Waals surface area contributed by atoms with Gasteiger partial charge in [0.15, 0.2) is 5.13 Å². The highest BCUT2D eigenvalue weighted by Crippen LogP contribution is 2.31. The molecule has 1 aliphatic rings. The van der Waals surface area contributed by atoms with Crippen LogP contribution in [-0.2, 0) is 10.0 Å². The minimum Gasteiger partial charge on any atom is -0.351 e. The highest BCUT2D eigenvalue weighted by Gasteiger charge is 2.21. The molecule has 4 aromatic rings. The number of nitro benzene ring substituents is 1. The predicted molar refractivity (Wildman–Crippen MR) is 158 cm³/mol. The van der Waals surface area contributed by atoms with E-state index < -0.39 is 14.9 Å². The topological polar surface area (TPSA) is 138 Å².